The third-order valence-corrected chi connectivity index (χ3v) is 3.72. The zero-order chi connectivity index (χ0) is 13.0. The van der Waals surface area contributed by atoms with Gasteiger partial charge in [-0.1, -0.05) is 0 Å². The van der Waals surface area contributed by atoms with Crippen molar-refractivity contribution in [1.82, 2.24) is 4.98 Å². The average Bonchev–Trinajstić information content (AvgIpc) is 2.84. The van der Waals surface area contributed by atoms with Crippen LogP contribution in [0.4, 0.5) is 4.39 Å². The first-order valence-electron chi connectivity index (χ1n) is 5.59. The molecule has 96 valence electrons. The molecule has 0 atom stereocenters. The predicted molar refractivity (Wildman–Crippen MR) is 73.1 cm³/mol. The maximum atomic E-state index is 13.8. The van der Waals surface area contributed by atoms with Gasteiger partial charge in [0.2, 0.25) is 0 Å². The van der Waals surface area contributed by atoms with Gasteiger partial charge < -0.3 is 4.74 Å². The number of ether oxygens (including phenoxy) is 1. The van der Waals surface area contributed by atoms with Crippen molar-refractivity contribution in [2.24, 2.45) is 0 Å². The minimum absolute atomic E-state index is 0.312. The molecule has 1 heterocycles. The van der Waals surface area contributed by atoms with E-state index in [1.807, 2.05) is 5.38 Å². The van der Waals surface area contributed by atoms with Gasteiger partial charge in [0.1, 0.15) is 16.6 Å². The smallest absolute Gasteiger partial charge is 0.137 e. The van der Waals surface area contributed by atoms with E-state index in [2.05, 4.69) is 4.98 Å². The van der Waals surface area contributed by atoms with Gasteiger partial charge in [-0.25, -0.2) is 9.37 Å². The van der Waals surface area contributed by atoms with E-state index >= 15 is 0 Å². The number of alkyl halides is 1. The molecule has 2 rings (SSSR count). The highest BCUT2D eigenvalue weighted by atomic mass is 35.5. The van der Waals surface area contributed by atoms with Crippen LogP contribution in [0.1, 0.15) is 12.1 Å². The van der Waals surface area contributed by atoms with Crippen molar-refractivity contribution in [3.05, 3.63) is 35.1 Å². The number of rotatable bonds is 5. The largest absolute Gasteiger partial charge is 0.497 e. The van der Waals surface area contributed by atoms with Crippen molar-refractivity contribution >= 4 is 22.9 Å². The molecular formula is C13H13ClFNOS. The van der Waals surface area contributed by atoms with Gasteiger partial charge in [0.25, 0.3) is 0 Å². The Labute approximate surface area is 114 Å². The summed E-state index contributed by atoms with van der Waals surface area (Å²) in [5, 5.41) is 2.64. The van der Waals surface area contributed by atoms with Crippen molar-refractivity contribution in [2.75, 3.05) is 13.0 Å². The summed E-state index contributed by atoms with van der Waals surface area (Å²) in [5.41, 5.74) is 1.48. The fourth-order valence-corrected chi connectivity index (χ4v) is 2.60. The Morgan fingerprint density at radius 3 is 2.94 bits per heavy atom. The molecule has 0 radical (unpaired) electrons. The maximum absolute atomic E-state index is 13.8. The average molecular weight is 286 g/mol. The van der Waals surface area contributed by atoms with Gasteiger partial charge in [0.05, 0.1) is 12.8 Å². The fourth-order valence-electron chi connectivity index (χ4n) is 1.59. The molecule has 0 saturated heterocycles. The van der Waals surface area contributed by atoms with E-state index in [1.54, 1.807) is 12.1 Å². The van der Waals surface area contributed by atoms with Crippen LogP contribution in [-0.4, -0.2) is 18.0 Å². The van der Waals surface area contributed by atoms with Crippen LogP contribution in [0.5, 0.6) is 5.75 Å². The Morgan fingerprint density at radius 2 is 2.28 bits per heavy atom. The first-order chi connectivity index (χ1) is 8.74. The van der Waals surface area contributed by atoms with Gasteiger partial charge >= 0.3 is 0 Å². The summed E-state index contributed by atoms with van der Waals surface area (Å²) < 4.78 is 18.8. The summed E-state index contributed by atoms with van der Waals surface area (Å²) in [4.78, 5) is 4.41. The molecule has 0 N–H and O–H groups in total. The van der Waals surface area contributed by atoms with Crippen molar-refractivity contribution in [3.8, 4) is 16.3 Å². The highest BCUT2D eigenvalue weighted by molar-refractivity contribution is 7.13. The van der Waals surface area contributed by atoms with Gasteiger partial charge in [-0.05, 0) is 25.0 Å². The summed E-state index contributed by atoms with van der Waals surface area (Å²) in [6, 6.07) is 4.80. The summed E-state index contributed by atoms with van der Waals surface area (Å²) in [7, 11) is 1.52. The van der Waals surface area contributed by atoms with Crippen molar-refractivity contribution in [3.63, 3.8) is 0 Å². The molecular weight excluding hydrogens is 273 g/mol. The number of hydrogen-bond acceptors (Lipinski definition) is 3. The lowest BCUT2D eigenvalue weighted by molar-refractivity contribution is 0.411. The molecule has 1 aromatic carbocycles. The third-order valence-electron chi connectivity index (χ3n) is 2.52. The van der Waals surface area contributed by atoms with E-state index < -0.39 is 0 Å². The maximum Gasteiger partial charge on any atom is 0.137 e. The lowest BCUT2D eigenvalue weighted by atomic mass is 10.2. The van der Waals surface area contributed by atoms with E-state index in [0.29, 0.717) is 22.2 Å². The van der Waals surface area contributed by atoms with Gasteiger partial charge in [0, 0.05) is 22.9 Å². The first-order valence-corrected chi connectivity index (χ1v) is 7.00. The van der Waals surface area contributed by atoms with E-state index in [-0.39, 0.29) is 5.82 Å². The van der Waals surface area contributed by atoms with Crippen LogP contribution in [-0.2, 0) is 6.42 Å². The Kier molecular flexibility index (Phi) is 4.55. The van der Waals surface area contributed by atoms with Crippen LogP contribution in [0.3, 0.4) is 0 Å². The number of aryl methyl sites for hydroxylation is 1. The highest BCUT2D eigenvalue weighted by Gasteiger charge is 2.10. The van der Waals surface area contributed by atoms with Crippen molar-refractivity contribution in [2.45, 2.75) is 12.8 Å². The monoisotopic (exact) mass is 285 g/mol. The number of benzene rings is 1. The van der Waals surface area contributed by atoms with Crippen LogP contribution >= 0.6 is 22.9 Å². The molecule has 0 bridgehead atoms. The van der Waals surface area contributed by atoms with Crippen LogP contribution in [0.25, 0.3) is 10.6 Å². The van der Waals surface area contributed by atoms with Gasteiger partial charge in [-0.15, -0.1) is 22.9 Å². The normalized spacial score (nSPS) is 10.6. The Morgan fingerprint density at radius 1 is 1.44 bits per heavy atom. The highest BCUT2D eigenvalue weighted by Crippen LogP contribution is 2.29. The SMILES string of the molecule is COc1ccc(-c2nc(CCCCl)cs2)c(F)c1. The molecule has 2 nitrogen and oxygen atoms in total. The molecule has 1 aromatic heterocycles. The molecule has 0 amide bonds. The summed E-state index contributed by atoms with van der Waals surface area (Å²) in [6.45, 7) is 0. The van der Waals surface area contributed by atoms with Crippen LogP contribution in [0, 0.1) is 5.82 Å². The molecule has 5 heteroatoms. The number of aromatic nitrogens is 1. The van der Waals surface area contributed by atoms with Crippen molar-refractivity contribution in [1.29, 1.82) is 0 Å². The summed E-state index contributed by atoms with van der Waals surface area (Å²) >= 11 is 7.08. The van der Waals surface area contributed by atoms with Crippen LogP contribution in [0.15, 0.2) is 23.6 Å². The minimum atomic E-state index is -0.312. The van der Waals surface area contributed by atoms with Gasteiger partial charge in [0.15, 0.2) is 0 Å². The fraction of sp³-hybridized carbons (Fsp3) is 0.308. The second-order valence-corrected chi connectivity index (χ2v) is 5.02. The quantitative estimate of drug-likeness (QED) is 0.771. The van der Waals surface area contributed by atoms with Gasteiger partial charge in [-0.3, -0.25) is 0 Å². The Balaban J connectivity index is 2.23. The molecule has 0 aliphatic heterocycles. The first kappa shape index (κ1) is 13.3. The minimum Gasteiger partial charge on any atom is -0.497 e. The van der Waals surface area contributed by atoms with E-state index in [4.69, 9.17) is 16.3 Å². The Bertz CT molecular complexity index is 529. The molecule has 0 saturated carbocycles. The number of hydrogen-bond donors (Lipinski definition) is 0. The number of thiazole rings is 1. The summed E-state index contributed by atoms with van der Waals surface area (Å²) in [5.74, 6) is 0.812. The molecule has 0 aliphatic carbocycles. The third kappa shape index (κ3) is 3.00. The lowest BCUT2D eigenvalue weighted by Crippen LogP contribution is -1.89. The standard InChI is InChI=1S/C13H13ClFNOS/c1-17-10-4-5-11(12(15)7-10)13-16-9(8-18-13)3-2-6-14/h4-5,7-8H,2-3,6H2,1H3. The number of halogens is 2. The zero-order valence-electron chi connectivity index (χ0n) is 9.95. The van der Waals surface area contributed by atoms with Crippen molar-refractivity contribution < 1.29 is 9.13 Å². The predicted octanol–water partition coefficient (Wildman–Crippen LogP) is 4.13. The molecule has 0 aliphatic rings. The van der Waals surface area contributed by atoms with Gasteiger partial charge in [-0.2, -0.15) is 0 Å². The zero-order valence-corrected chi connectivity index (χ0v) is 11.5. The van der Waals surface area contributed by atoms with Crippen LogP contribution < -0.4 is 4.74 Å². The molecule has 18 heavy (non-hydrogen) atoms. The topological polar surface area (TPSA) is 22.1 Å². The van der Waals surface area contributed by atoms with E-state index in [1.165, 1.54) is 24.5 Å². The summed E-state index contributed by atoms with van der Waals surface area (Å²) in [6.07, 6.45) is 1.72. The molecule has 0 unspecified atom stereocenters. The second kappa shape index (κ2) is 6.16. The molecule has 2 aromatic rings. The van der Waals surface area contributed by atoms with E-state index in [9.17, 15) is 4.39 Å². The Hall–Kier alpha value is -1.13. The molecule has 0 spiro atoms. The van der Waals surface area contributed by atoms with Crippen LogP contribution in [0.2, 0.25) is 0 Å². The van der Waals surface area contributed by atoms with E-state index in [0.717, 1.165) is 18.5 Å². The lowest BCUT2D eigenvalue weighted by Gasteiger charge is -2.02. The number of methoxy groups -OCH3 is 1. The molecule has 0 fully saturated rings. The number of nitrogens with zero attached hydrogens (tertiary/aromatic N) is 1. The second-order valence-electron chi connectivity index (χ2n) is 3.78.